The Hall–Kier alpha value is -3.57. The van der Waals surface area contributed by atoms with Crippen LogP contribution in [0.1, 0.15) is 11.1 Å². The number of carbonyl (C=O) groups is 1. The average Bonchev–Trinajstić information content (AvgIpc) is 2.78. The lowest BCUT2D eigenvalue weighted by molar-refractivity contribution is -0.384. The smallest absolute Gasteiger partial charge is 0.289 e. The van der Waals surface area contributed by atoms with E-state index in [9.17, 15) is 20.2 Å². The molecule has 0 fully saturated rings. The SMILES string of the molecule is N#C/C(=C\c1cc(Cl)cc(Cl)c1OCc1ccccc1)C(=O)Nc1ccc(Cl)c([N+](=O)[O-])c1. The number of ether oxygens (including phenoxy) is 1. The predicted molar refractivity (Wildman–Crippen MR) is 128 cm³/mol. The molecule has 3 aromatic carbocycles. The zero-order valence-electron chi connectivity index (χ0n) is 16.7. The normalized spacial score (nSPS) is 10.9. The van der Waals surface area contributed by atoms with E-state index < -0.39 is 10.8 Å². The Labute approximate surface area is 203 Å². The quantitative estimate of drug-likeness (QED) is 0.168. The maximum atomic E-state index is 12.7. The number of amides is 1. The second-order valence-corrected chi connectivity index (χ2v) is 7.88. The van der Waals surface area contributed by atoms with E-state index in [2.05, 4.69) is 5.32 Å². The summed E-state index contributed by atoms with van der Waals surface area (Å²) in [5.74, 6) is -0.549. The summed E-state index contributed by atoms with van der Waals surface area (Å²) in [5.41, 5.74) is 0.630. The number of benzene rings is 3. The molecule has 0 heterocycles. The molecule has 1 amide bonds. The van der Waals surface area contributed by atoms with E-state index in [4.69, 9.17) is 39.5 Å². The first-order chi connectivity index (χ1) is 15.8. The Morgan fingerprint density at radius 1 is 1.09 bits per heavy atom. The fraction of sp³-hybridized carbons (Fsp3) is 0.0435. The van der Waals surface area contributed by atoms with E-state index in [1.54, 1.807) is 6.07 Å². The number of anilines is 1. The number of nitro benzene ring substituents is 1. The summed E-state index contributed by atoms with van der Waals surface area (Å²) in [6, 6.07) is 17.9. The molecule has 10 heteroatoms. The van der Waals surface area contributed by atoms with Gasteiger partial charge in [-0.3, -0.25) is 14.9 Å². The minimum atomic E-state index is -0.792. The minimum absolute atomic E-state index is 0.0807. The zero-order chi connectivity index (χ0) is 24.0. The molecule has 0 unspecified atom stereocenters. The van der Waals surface area contributed by atoms with Crippen molar-refractivity contribution in [3.8, 4) is 11.8 Å². The van der Waals surface area contributed by atoms with Crippen molar-refractivity contribution in [1.82, 2.24) is 0 Å². The Morgan fingerprint density at radius 2 is 1.82 bits per heavy atom. The summed E-state index contributed by atoms with van der Waals surface area (Å²) in [4.78, 5) is 23.0. The van der Waals surface area contributed by atoms with Gasteiger partial charge in [0.05, 0.1) is 9.95 Å². The number of hydrogen-bond donors (Lipinski definition) is 1. The first-order valence-electron chi connectivity index (χ1n) is 9.31. The van der Waals surface area contributed by atoms with Crippen molar-refractivity contribution in [3.63, 3.8) is 0 Å². The highest BCUT2D eigenvalue weighted by Gasteiger charge is 2.17. The number of nitro groups is 1. The molecule has 0 aliphatic carbocycles. The molecule has 0 bridgehead atoms. The Morgan fingerprint density at radius 3 is 2.48 bits per heavy atom. The van der Waals surface area contributed by atoms with Crippen LogP contribution in [0.5, 0.6) is 5.75 Å². The molecule has 0 radical (unpaired) electrons. The number of nitrogens with one attached hydrogen (secondary N) is 1. The number of rotatable bonds is 7. The highest BCUT2D eigenvalue weighted by Crippen LogP contribution is 2.35. The predicted octanol–water partition coefficient (Wildman–Crippen LogP) is 6.68. The van der Waals surface area contributed by atoms with Crippen LogP contribution in [0.15, 0.2) is 66.2 Å². The molecule has 166 valence electrons. The first-order valence-corrected chi connectivity index (χ1v) is 10.4. The summed E-state index contributed by atoms with van der Waals surface area (Å²) >= 11 is 18.2. The largest absolute Gasteiger partial charge is 0.487 e. The van der Waals surface area contributed by atoms with Crippen molar-refractivity contribution < 1.29 is 14.5 Å². The van der Waals surface area contributed by atoms with Gasteiger partial charge in [-0.05, 0) is 35.9 Å². The third kappa shape index (κ3) is 6.24. The van der Waals surface area contributed by atoms with Crippen molar-refractivity contribution >= 4 is 58.2 Å². The van der Waals surface area contributed by atoms with Crippen LogP contribution in [-0.2, 0) is 11.4 Å². The molecule has 0 spiro atoms. The monoisotopic (exact) mass is 501 g/mol. The second kappa shape index (κ2) is 10.8. The van der Waals surface area contributed by atoms with Crippen molar-refractivity contribution in [2.24, 2.45) is 0 Å². The van der Waals surface area contributed by atoms with Crippen LogP contribution in [-0.4, -0.2) is 10.8 Å². The van der Waals surface area contributed by atoms with Crippen LogP contribution < -0.4 is 10.1 Å². The molecular formula is C23H14Cl3N3O4. The Balaban J connectivity index is 1.90. The standard InChI is InChI=1S/C23H14Cl3N3O4/c24-17-9-15(22(20(26)10-17)33-13-14-4-2-1-3-5-14)8-16(12-27)23(30)28-18-6-7-19(25)21(11-18)29(31)32/h1-11H,13H2,(H,28,30)/b16-8+. The second-order valence-electron chi connectivity index (χ2n) is 6.63. The van der Waals surface area contributed by atoms with E-state index in [0.29, 0.717) is 5.56 Å². The Bertz CT molecular complexity index is 1290. The van der Waals surface area contributed by atoms with Crippen molar-refractivity contribution in [2.75, 3.05) is 5.32 Å². The molecule has 0 aliphatic rings. The maximum Gasteiger partial charge on any atom is 0.289 e. The zero-order valence-corrected chi connectivity index (χ0v) is 19.0. The van der Waals surface area contributed by atoms with Crippen molar-refractivity contribution in [1.29, 1.82) is 5.26 Å². The fourth-order valence-corrected chi connectivity index (χ4v) is 3.55. The van der Waals surface area contributed by atoms with Gasteiger partial charge < -0.3 is 10.1 Å². The molecular weight excluding hydrogens is 489 g/mol. The molecule has 0 aliphatic heterocycles. The number of hydrogen-bond acceptors (Lipinski definition) is 5. The summed E-state index contributed by atoms with van der Waals surface area (Å²) in [5, 5.41) is 23.5. The van der Waals surface area contributed by atoms with Crippen molar-refractivity contribution in [2.45, 2.75) is 6.61 Å². The van der Waals surface area contributed by atoms with Gasteiger partial charge in [0.25, 0.3) is 11.6 Å². The lowest BCUT2D eigenvalue weighted by Gasteiger charge is -2.12. The van der Waals surface area contributed by atoms with Gasteiger partial charge >= 0.3 is 0 Å². The lowest BCUT2D eigenvalue weighted by atomic mass is 10.1. The highest BCUT2D eigenvalue weighted by atomic mass is 35.5. The summed E-state index contributed by atoms with van der Waals surface area (Å²) < 4.78 is 5.84. The van der Waals surface area contributed by atoms with Crippen LogP contribution in [0.25, 0.3) is 6.08 Å². The number of nitriles is 1. The van der Waals surface area contributed by atoms with Gasteiger partial charge in [-0.15, -0.1) is 0 Å². The van der Waals surface area contributed by atoms with Crippen LogP contribution in [0.2, 0.25) is 15.1 Å². The van der Waals surface area contributed by atoms with E-state index in [0.717, 1.165) is 11.6 Å². The molecule has 0 aromatic heterocycles. The minimum Gasteiger partial charge on any atom is -0.487 e. The molecule has 0 saturated heterocycles. The molecule has 0 atom stereocenters. The Kier molecular flexibility index (Phi) is 7.91. The molecule has 7 nitrogen and oxygen atoms in total. The van der Waals surface area contributed by atoms with Gasteiger partial charge in [-0.2, -0.15) is 5.26 Å². The molecule has 0 saturated carbocycles. The van der Waals surface area contributed by atoms with Crippen LogP contribution in [0, 0.1) is 21.4 Å². The van der Waals surface area contributed by atoms with Gasteiger partial charge in [0, 0.05) is 22.3 Å². The van der Waals surface area contributed by atoms with E-state index in [1.807, 2.05) is 30.3 Å². The number of carbonyl (C=O) groups excluding carboxylic acids is 1. The lowest BCUT2D eigenvalue weighted by Crippen LogP contribution is -2.13. The topological polar surface area (TPSA) is 105 Å². The van der Waals surface area contributed by atoms with Gasteiger partial charge in [0.1, 0.15) is 29.0 Å². The van der Waals surface area contributed by atoms with Gasteiger partial charge in [-0.1, -0.05) is 65.1 Å². The molecule has 3 aromatic rings. The van der Waals surface area contributed by atoms with E-state index in [-0.39, 0.29) is 44.4 Å². The van der Waals surface area contributed by atoms with Crippen molar-refractivity contribution in [3.05, 3.63) is 103 Å². The van der Waals surface area contributed by atoms with Crippen LogP contribution >= 0.6 is 34.8 Å². The van der Waals surface area contributed by atoms with Gasteiger partial charge in [0.15, 0.2) is 0 Å². The van der Waals surface area contributed by atoms with E-state index in [1.165, 1.54) is 30.3 Å². The van der Waals surface area contributed by atoms with Gasteiger partial charge in [-0.25, -0.2) is 0 Å². The summed E-state index contributed by atoms with van der Waals surface area (Å²) in [6.45, 7) is 0.200. The first kappa shape index (κ1) is 24.1. The third-order valence-electron chi connectivity index (χ3n) is 4.33. The fourth-order valence-electron chi connectivity index (χ4n) is 2.80. The van der Waals surface area contributed by atoms with Gasteiger partial charge in [0.2, 0.25) is 0 Å². The van der Waals surface area contributed by atoms with E-state index >= 15 is 0 Å². The third-order valence-corrected chi connectivity index (χ3v) is 5.15. The molecule has 33 heavy (non-hydrogen) atoms. The average molecular weight is 503 g/mol. The number of halogens is 3. The van der Waals surface area contributed by atoms with Crippen LogP contribution in [0.3, 0.4) is 0 Å². The summed E-state index contributed by atoms with van der Waals surface area (Å²) in [7, 11) is 0. The molecule has 1 N–H and O–H groups in total. The van der Waals surface area contributed by atoms with Crippen LogP contribution in [0.4, 0.5) is 11.4 Å². The number of nitrogens with zero attached hydrogens (tertiary/aromatic N) is 2. The maximum absolute atomic E-state index is 12.7. The molecule has 3 rings (SSSR count). The summed E-state index contributed by atoms with van der Waals surface area (Å²) in [6.07, 6.45) is 1.28. The highest BCUT2D eigenvalue weighted by molar-refractivity contribution is 6.36.